The second-order valence-electron chi connectivity index (χ2n) is 4.30. The fourth-order valence-electron chi connectivity index (χ4n) is 2.09. The van der Waals surface area contributed by atoms with Crippen LogP contribution in [-0.4, -0.2) is 23.3 Å². The van der Waals surface area contributed by atoms with Crippen molar-refractivity contribution in [1.29, 1.82) is 0 Å². The molecule has 1 aliphatic carbocycles. The lowest BCUT2D eigenvalue weighted by atomic mass is 10.3. The van der Waals surface area contributed by atoms with Crippen molar-refractivity contribution in [2.24, 2.45) is 5.73 Å². The van der Waals surface area contributed by atoms with E-state index < -0.39 is 0 Å². The van der Waals surface area contributed by atoms with E-state index in [1.165, 1.54) is 0 Å². The Balaban J connectivity index is 1.76. The molecule has 0 spiro atoms. The van der Waals surface area contributed by atoms with E-state index in [0.717, 1.165) is 19.3 Å². The van der Waals surface area contributed by atoms with Crippen LogP contribution in [0.4, 0.5) is 0 Å². The molecule has 2 atom stereocenters. The van der Waals surface area contributed by atoms with Gasteiger partial charge in [0.25, 0.3) is 5.56 Å². The first kappa shape index (κ1) is 11.4. The molecule has 88 valence electrons. The van der Waals surface area contributed by atoms with Gasteiger partial charge in [0, 0.05) is 24.8 Å². The van der Waals surface area contributed by atoms with Crippen LogP contribution in [0.5, 0.6) is 0 Å². The number of nitrogens with two attached hydrogens (primary N) is 1. The summed E-state index contributed by atoms with van der Waals surface area (Å²) >= 11 is 0. The molecule has 1 aliphatic rings. The molecule has 16 heavy (non-hydrogen) atoms. The molecule has 1 heterocycles. The highest BCUT2D eigenvalue weighted by Crippen LogP contribution is 2.20. The number of nitrogens with zero attached hydrogens (tertiary/aromatic N) is 1. The number of ether oxygens (including phenoxy) is 1. The van der Waals surface area contributed by atoms with E-state index in [1.807, 2.05) is 6.07 Å². The smallest absolute Gasteiger partial charge is 0.250 e. The summed E-state index contributed by atoms with van der Waals surface area (Å²) in [6, 6.07) is 5.46. The van der Waals surface area contributed by atoms with Crippen molar-refractivity contribution in [3.05, 3.63) is 34.7 Å². The number of hydrogen-bond acceptors (Lipinski definition) is 3. The monoisotopic (exact) mass is 222 g/mol. The third-order valence-electron chi connectivity index (χ3n) is 3.01. The minimum atomic E-state index is 0.0224. The molecule has 0 aromatic carbocycles. The first-order valence-electron chi connectivity index (χ1n) is 5.78. The van der Waals surface area contributed by atoms with Gasteiger partial charge in [0.05, 0.1) is 12.7 Å². The van der Waals surface area contributed by atoms with Crippen LogP contribution in [0, 0.1) is 0 Å². The van der Waals surface area contributed by atoms with Crippen LogP contribution in [0.3, 0.4) is 0 Å². The molecule has 4 nitrogen and oxygen atoms in total. The average Bonchev–Trinajstić information content (AvgIpc) is 2.67. The summed E-state index contributed by atoms with van der Waals surface area (Å²) in [6.45, 7) is 1.20. The summed E-state index contributed by atoms with van der Waals surface area (Å²) in [6.07, 6.45) is 5.12. The standard InChI is InChI=1S/C12H18N2O2/c13-10-4-5-11(9-10)16-8-7-14-6-2-1-3-12(14)15/h1-3,6,10-11H,4-5,7-9,13H2. The average molecular weight is 222 g/mol. The molecule has 0 bridgehead atoms. The third kappa shape index (κ3) is 2.93. The van der Waals surface area contributed by atoms with Crippen molar-refractivity contribution >= 4 is 0 Å². The van der Waals surface area contributed by atoms with Crippen LogP contribution < -0.4 is 11.3 Å². The van der Waals surface area contributed by atoms with Crippen molar-refractivity contribution in [2.45, 2.75) is 38.0 Å². The van der Waals surface area contributed by atoms with Crippen molar-refractivity contribution in [1.82, 2.24) is 4.57 Å². The van der Waals surface area contributed by atoms with Crippen molar-refractivity contribution in [3.8, 4) is 0 Å². The minimum absolute atomic E-state index is 0.0224. The Morgan fingerprint density at radius 2 is 2.31 bits per heavy atom. The second kappa shape index (κ2) is 5.27. The van der Waals surface area contributed by atoms with Gasteiger partial charge in [0.15, 0.2) is 0 Å². The number of rotatable bonds is 4. The Morgan fingerprint density at radius 1 is 1.44 bits per heavy atom. The summed E-state index contributed by atoms with van der Waals surface area (Å²) in [5.74, 6) is 0. The quantitative estimate of drug-likeness (QED) is 0.817. The van der Waals surface area contributed by atoms with Crippen LogP contribution >= 0.6 is 0 Å². The molecule has 2 N–H and O–H groups in total. The first-order valence-corrected chi connectivity index (χ1v) is 5.78. The maximum Gasteiger partial charge on any atom is 0.250 e. The highest BCUT2D eigenvalue weighted by atomic mass is 16.5. The zero-order valence-electron chi connectivity index (χ0n) is 9.34. The van der Waals surface area contributed by atoms with Gasteiger partial charge in [-0.2, -0.15) is 0 Å². The largest absolute Gasteiger partial charge is 0.376 e. The summed E-state index contributed by atoms with van der Waals surface area (Å²) < 4.78 is 7.35. The molecule has 0 saturated heterocycles. The van der Waals surface area contributed by atoms with Gasteiger partial charge in [-0.05, 0) is 25.3 Å². The molecule has 1 saturated carbocycles. The lowest BCUT2D eigenvalue weighted by Crippen LogP contribution is -2.23. The SMILES string of the molecule is NC1CCC(OCCn2ccccc2=O)C1. The minimum Gasteiger partial charge on any atom is -0.376 e. The Bertz CT molecular complexity index is 389. The Kier molecular flexibility index (Phi) is 3.74. The molecule has 2 unspecified atom stereocenters. The van der Waals surface area contributed by atoms with E-state index >= 15 is 0 Å². The highest BCUT2D eigenvalue weighted by Gasteiger charge is 2.21. The maximum absolute atomic E-state index is 11.4. The Hall–Kier alpha value is -1.13. The van der Waals surface area contributed by atoms with Crippen LogP contribution in [0.15, 0.2) is 29.2 Å². The normalized spacial score (nSPS) is 24.8. The topological polar surface area (TPSA) is 57.2 Å². The van der Waals surface area contributed by atoms with Crippen LogP contribution in [-0.2, 0) is 11.3 Å². The third-order valence-corrected chi connectivity index (χ3v) is 3.01. The molecular weight excluding hydrogens is 204 g/mol. The molecule has 2 rings (SSSR count). The lowest BCUT2D eigenvalue weighted by molar-refractivity contribution is 0.0517. The molecule has 1 aromatic heterocycles. The van der Waals surface area contributed by atoms with Gasteiger partial charge in [-0.1, -0.05) is 6.07 Å². The van der Waals surface area contributed by atoms with E-state index in [9.17, 15) is 4.79 Å². The predicted octanol–water partition coefficient (Wildman–Crippen LogP) is 0.745. The summed E-state index contributed by atoms with van der Waals surface area (Å²) in [5.41, 5.74) is 5.82. The van der Waals surface area contributed by atoms with E-state index in [0.29, 0.717) is 19.2 Å². The molecule has 0 amide bonds. The van der Waals surface area contributed by atoms with Crippen molar-refractivity contribution < 1.29 is 4.74 Å². The van der Waals surface area contributed by atoms with E-state index in [4.69, 9.17) is 10.5 Å². The molecule has 0 aliphatic heterocycles. The van der Waals surface area contributed by atoms with Gasteiger partial charge < -0.3 is 15.0 Å². The van der Waals surface area contributed by atoms with E-state index in [2.05, 4.69) is 0 Å². The van der Waals surface area contributed by atoms with Gasteiger partial charge in [0.2, 0.25) is 0 Å². The fourth-order valence-corrected chi connectivity index (χ4v) is 2.09. The molecule has 1 aromatic rings. The number of hydrogen-bond donors (Lipinski definition) is 1. The summed E-state index contributed by atoms with van der Waals surface area (Å²) in [4.78, 5) is 11.4. The first-order chi connectivity index (χ1) is 7.75. The van der Waals surface area contributed by atoms with Gasteiger partial charge in [0.1, 0.15) is 0 Å². The van der Waals surface area contributed by atoms with Crippen LogP contribution in [0.1, 0.15) is 19.3 Å². The van der Waals surface area contributed by atoms with Crippen LogP contribution in [0.25, 0.3) is 0 Å². The lowest BCUT2D eigenvalue weighted by Gasteiger charge is -2.12. The highest BCUT2D eigenvalue weighted by molar-refractivity contribution is 4.93. The second-order valence-corrected chi connectivity index (χ2v) is 4.30. The zero-order chi connectivity index (χ0) is 11.4. The molecule has 0 radical (unpaired) electrons. The van der Waals surface area contributed by atoms with E-state index in [-0.39, 0.29) is 11.7 Å². The van der Waals surface area contributed by atoms with Gasteiger partial charge >= 0.3 is 0 Å². The molecule has 1 fully saturated rings. The summed E-state index contributed by atoms with van der Waals surface area (Å²) in [5, 5.41) is 0. The Morgan fingerprint density at radius 3 is 3.00 bits per heavy atom. The maximum atomic E-state index is 11.4. The Labute approximate surface area is 95.0 Å². The van der Waals surface area contributed by atoms with Crippen LogP contribution in [0.2, 0.25) is 0 Å². The number of pyridine rings is 1. The zero-order valence-corrected chi connectivity index (χ0v) is 9.34. The summed E-state index contributed by atoms with van der Waals surface area (Å²) in [7, 11) is 0. The number of aromatic nitrogens is 1. The molecule has 4 heteroatoms. The van der Waals surface area contributed by atoms with Gasteiger partial charge in [-0.25, -0.2) is 0 Å². The fraction of sp³-hybridized carbons (Fsp3) is 0.583. The van der Waals surface area contributed by atoms with E-state index in [1.54, 1.807) is 22.9 Å². The van der Waals surface area contributed by atoms with Crippen molar-refractivity contribution in [3.63, 3.8) is 0 Å². The van der Waals surface area contributed by atoms with Gasteiger partial charge in [-0.3, -0.25) is 4.79 Å². The van der Waals surface area contributed by atoms with Gasteiger partial charge in [-0.15, -0.1) is 0 Å². The predicted molar refractivity (Wildman–Crippen MR) is 62.3 cm³/mol. The van der Waals surface area contributed by atoms with Crippen molar-refractivity contribution in [2.75, 3.05) is 6.61 Å². The molecular formula is C12H18N2O2.